The lowest BCUT2D eigenvalue weighted by Gasteiger charge is -2.04. The Morgan fingerprint density at radius 3 is 2.62 bits per heavy atom. The molecule has 0 atom stereocenters. The molecule has 0 radical (unpaired) electrons. The first kappa shape index (κ1) is 16.7. The number of rotatable bonds is 5. The van der Waals surface area contributed by atoms with Gasteiger partial charge in [-0.1, -0.05) is 28.1 Å². The van der Waals surface area contributed by atoms with Gasteiger partial charge >= 0.3 is 5.97 Å². The third-order valence-corrected chi connectivity index (χ3v) is 4.67. The van der Waals surface area contributed by atoms with Crippen molar-refractivity contribution in [3.63, 3.8) is 0 Å². The van der Waals surface area contributed by atoms with E-state index in [1.54, 1.807) is 31.4 Å². The van der Waals surface area contributed by atoms with Crippen LogP contribution in [0.4, 0.5) is 0 Å². The molecule has 4 nitrogen and oxygen atoms in total. The summed E-state index contributed by atoms with van der Waals surface area (Å²) in [5.74, 6) is 0.863. The average Bonchev–Trinajstić information content (AvgIpc) is 3.04. The van der Waals surface area contributed by atoms with Gasteiger partial charge in [0.15, 0.2) is 0 Å². The highest BCUT2D eigenvalue weighted by Gasteiger charge is 2.11. The van der Waals surface area contributed by atoms with Crippen LogP contribution in [-0.4, -0.2) is 18.1 Å². The van der Waals surface area contributed by atoms with Crippen LogP contribution < -0.4 is 9.47 Å². The number of hydrogen-bond acceptors (Lipinski definition) is 5. The van der Waals surface area contributed by atoms with Crippen LogP contribution in [0.15, 0.2) is 58.4 Å². The number of ether oxygens (including phenoxy) is 2. The van der Waals surface area contributed by atoms with Crippen LogP contribution in [0.1, 0.15) is 5.69 Å². The number of nitrogens with zero attached hydrogens (tertiary/aromatic N) is 1. The summed E-state index contributed by atoms with van der Waals surface area (Å²) in [5.41, 5.74) is 1.72. The summed E-state index contributed by atoms with van der Waals surface area (Å²) < 4.78 is 11.4. The van der Waals surface area contributed by atoms with E-state index in [0.717, 1.165) is 15.0 Å². The quantitative estimate of drug-likeness (QED) is 0.456. The van der Waals surface area contributed by atoms with Gasteiger partial charge in [-0.3, -0.25) is 4.79 Å². The van der Waals surface area contributed by atoms with Crippen molar-refractivity contribution in [3.8, 4) is 22.1 Å². The second-order valence-corrected chi connectivity index (χ2v) is 6.75. The van der Waals surface area contributed by atoms with E-state index in [0.29, 0.717) is 17.2 Å². The molecule has 0 aliphatic heterocycles. The molecule has 0 saturated heterocycles. The molecule has 0 bridgehead atoms. The average molecular weight is 404 g/mol. The van der Waals surface area contributed by atoms with Gasteiger partial charge in [0.1, 0.15) is 16.5 Å². The van der Waals surface area contributed by atoms with Gasteiger partial charge in [-0.15, -0.1) is 11.3 Å². The fourth-order valence-electron chi connectivity index (χ4n) is 2.10. The molecule has 3 aromatic rings. The second kappa shape index (κ2) is 7.59. The molecule has 3 rings (SSSR count). The Balaban J connectivity index is 1.64. The van der Waals surface area contributed by atoms with Crippen molar-refractivity contribution in [1.29, 1.82) is 0 Å². The zero-order valence-electron chi connectivity index (χ0n) is 12.9. The highest BCUT2D eigenvalue weighted by Crippen LogP contribution is 2.26. The maximum atomic E-state index is 12.0. The van der Waals surface area contributed by atoms with E-state index in [4.69, 9.17) is 9.47 Å². The van der Waals surface area contributed by atoms with E-state index in [-0.39, 0.29) is 12.4 Å². The number of hydrogen-bond donors (Lipinski definition) is 0. The summed E-state index contributed by atoms with van der Waals surface area (Å²) in [6.45, 7) is 0. The Bertz CT molecular complexity index is 845. The van der Waals surface area contributed by atoms with Crippen molar-refractivity contribution in [3.05, 3.63) is 64.1 Å². The molecule has 0 N–H and O–H groups in total. The van der Waals surface area contributed by atoms with Gasteiger partial charge in [0.25, 0.3) is 0 Å². The fourth-order valence-corrected chi connectivity index (χ4v) is 3.32. The molecule has 0 amide bonds. The zero-order chi connectivity index (χ0) is 16.9. The van der Waals surface area contributed by atoms with Crippen LogP contribution in [0, 0.1) is 0 Å². The Morgan fingerprint density at radius 2 is 1.92 bits per heavy atom. The van der Waals surface area contributed by atoms with Crippen LogP contribution in [0.5, 0.6) is 11.5 Å². The summed E-state index contributed by atoms with van der Waals surface area (Å²) in [6, 6.07) is 14.8. The Labute approximate surface area is 152 Å². The van der Waals surface area contributed by atoms with E-state index >= 15 is 0 Å². The van der Waals surface area contributed by atoms with Crippen molar-refractivity contribution in [2.24, 2.45) is 0 Å². The Hall–Kier alpha value is -2.18. The maximum absolute atomic E-state index is 12.0. The number of methoxy groups -OCH3 is 1. The van der Waals surface area contributed by atoms with Crippen molar-refractivity contribution >= 4 is 33.2 Å². The van der Waals surface area contributed by atoms with Crippen molar-refractivity contribution < 1.29 is 14.3 Å². The van der Waals surface area contributed by atoms with Crippen molar-refractivity contribution in [1.82, 2.24) is 4.98 Å². The SMILES string of the molecule is COc1ccc(OC(=O)Cc2csc(-c3cccc(Br)c3)n2)cc1. The van der Waals surface area contributed by atoms with E-state index in [2.05, 4.69) is 20.9 Å². The summed E-state index contributed by atoms with van der Waals surface area (Å²) in [6.07, 6.45) is 0.135. The lowest BCUT2D eigenvalue weighted by Crippen LogP contribution is -2.11. The number of thiazole rings is 1. The highest BCUT2D eigenvalue weighted by atomic mass is 79.9. The van der Waals surface area contributed by atoms with E-state index in [9.17, 15) is 4.79 Å². The minimum atomic E-state index is -0.341. The first-order valence-electron chi connectivity index (χ1n) is 7.19. The number of carbonyl (C=O) groups is 1. The smallest absolute Gasteiger partial charge is 0.317 e. The third kappa shape index (κ3) is 4.21. The molecule has 24 heavy (non-hydrogen) atoms. The topological polar surface area (TPSA) is 48.4 Å². The largest absolute Gasteiger partial charge is 0.497 e. The molecule has 0 saturated carbocycles. The van der Waals surface area contributed by atoms with Gasteiger partial charge < -0.3 is 9.47 Å². The number of carbonyl (C=O) groups excluding carboxylic acids is 1. The molecule has 2 aromatic carbocycles. The van der Waals surface area contributed by atoms with Gasteiger partial charge in [0.2, 0.25) is 0 Å². The second-order valence-electron chi connectivity index (χ2n) is 4.98. The standard InChI is InChI=1S/C18H14BrNO3S/c1-22-15-5-7-16(8-6-15)23-17(21)10-14-11-24-18(20-14)12-3-2-4-13(19)9-12/h2-9,11H,10H2,1H3. The molecule has 0 unspecified atom stereocenters. The number of esters is 1. The number of aromatic nitrogens is 1. The van der Waals surface area contributed by atoms with Crippen LogP contribution in [-0.2, 0) is 11.2 Å². The van der Waals surface area contributed by atoms with Crippen molar-refractivity contribution in [2.45, 2.75) is 6.42 Å². The molecule has 0 aliphatic carbocycles. The zero-order valence-corrected chi connectivity index (χ0v) is 15.3. The summed E-state index contributed by atoms with van der Waals surface area (Å²) >= 11 is 4.96. The third-order valence-electron chi connectivity index (χ3n) is 3.24. The summed E-state index contributed by atoms with van der Waals surface area (Å²) in [7, 11) is 1.59. The molecule has 6 heteroatoms. The molecule has 0 aliphatic rings. The minimum absolute atomic E-state index is 0.135. The normalized spacial score (nSPS) is 10.4. The lowest BCUT2D eigenvalue weighted by molar-refractivity contribution is -0.133. The Morgan fingerprint density at radius 1 is 1.17 bits per heavy atom. The molecule has 122 valence electrons. The van der Waals surface area contributed by atoms with Crippen molar-refractivity contribution in [2.75, 3.05) is 7.11 Å². The Kier molecular flexibility index (Phi) is 5.27. The molecular formula is C18H14BrNO3S. The molecule has 1 aromatic heterocycles. The predicted molar refractivity (Wildman–Crippen MR) is 97.6 cm³/mol. The first-order valence-corrected chi connectivity index (χ1v) is 8.86. The van der Waals surface area contributed by atoms with Gasteiger partial charge in [-0.2, -0.15) is 0 Å². The number of benzene rings is 2. The maximum Gasteiger partial charge on any atom is 0.317 e. The first-order chi connectivity index (χ1) is 11.6. The van der Waals surface area contributed by atoms with Crippen LogP contribution in [0.25, 0.3) is 10.6 Å². The highest BCUT2D eigenvalue weighted by molar-refractivity contribution is 9.10. The van der Waals surface area contributed by atoms with E-state index < -0.39 is 0 Å². The number of halogens is 1. The predicted octanol–water partition coefficient (Wildman–Crippen LogP) is 4.73. The summed E-state index contributed by atoms with van der Waals surface area (Å²) in [4.78, 5) is 16.5. The van der Waals surface area contributed by atoms with Gasteiger partial charge in [-0.25, -0.2) is 4.98 Å². The van der Waals surface area contributed by atoms with Gasteiger partial charge in [-0.05, 0) is 36.4 Å². The molecule has 0 spiro atoms. The van der Waals surface area contributed by atoms with Crippen LogP contribution >= 0.6 is 27.3 Å². The summed E-state index contributed by atoms with van der Waals surface area (Å²) in [5, 5.41) is 2.76. The van der Waals surface area contributed by atoms with Gasteiger partial charge in [0, 0.05) is 15.4 Å². The lowest BCUT2D eigenvalue weighted by atomic mass is 10.2. The van der Waals surface area contributed by atoms with E-state index in [1.165, 1.54) is 11.3 Å². The van der Waals surface area contributed by atoms with Gasteiger partial charge in [0.05, 0.1) is 19.2 Å². The monoisotopic (exact) mass is 403 g/mol. The molecule has 0 fully saturated rings. The minimum Gasteiger partial charge on any atom is -0.497 e. The van der Waals surface area contributed by atoms with Crippen LogP contribution in [0.2, 0.25) is 0 Å². The molecular weight excluding hydrogens is 390 g/mol. The molecule has 1 heterocycles. The van der Waals surface area contributed by atoms with E-state index in [1.807, 2.05) is 29.6 Å². The fraction of sp³-hybridized carbons (Fsp3) is 0.111. The van der Waals surface area contributed by atoms with Crippen LogP contribution in [0.3, 0.4) is 0 Å².